The molecule has 8 heteroatoms. The molecule has 0 aliphatic carbocycles. The van der Waals surface area contributed by atoms with Gasteiger partial charge in [0.1, 0.15) is 29.5 Å². The Hall–Kier alpha value is -3.33. The highest BCUT2D eigenvalue weighted by molar-refractivity contribution is 5.80. The lowest BCUT2D eigenvalue weighted by molar-refractivity contribution is -0.161. The standard InChI is InChI=1S/C30H41NO7/c1-8-10-26(37-20-23-14-17-25(34-6)18-28(23)35-7)29(38-27(11-9-2)30(32)31(3)4)21-36-19-22-12-15-24(33-5)16-13-22/h8-9,12-18,26-27,29H,1-2,10-11,19-21H2,3-7H3/t26-,27+,29+/m0/s1. The zero-order valence-electron chi connectivity index (χ0n) is 23.2. The molecule has 0 radical (unpaired) electrons. The molecule has 0 saturated heterocycles. The van der Waals surface area contributed by atoms with E-state index in [1.165, 1.54) is 4.90 Å². The van der Waals surface area contributed by atoms with E-state index in [1.807, 2.05) is 42.5 Å². The number of ether oxygens (including phenoxy) is 6. The molecule has 0 heterocycles. The SMILES string of the molecule is C=CC[C@H](OCc1ccc(OC)cc1OC)[C@@H](COCc1ccc(OC)cc1)O[C@H](CC=C)C(=O)N(C)C. The van der Waals surface area contributed by atoms with Gasteiger partial charge in [-0.25, -0.2) is 0 Å². The third-order valence-corrected chi connectivity index (χ3v) is 5.91. The number of nitrogens with zero attached hydrogens (tertiary/aromatic N) is 1. The van der Waals surface area contributed by atoms with E-state index in [-0.39, 0.29) is 19.1 Å². The molecule has 0 N–H and O–H groups in total. The minimum absolute atomic E-state index is 0.153. The van der Waals surface area contributed by atoms with Gasteiger partial charge in [-0.05, 0) is 36.2 Å². The lowest BCUT2D eigenvalue weighted by Gasteiger charge is -2.31. The Morgan fingerprint density at radius 3 is 2.11 bits per heavy atom. The van der Waals surface area contributed by atoms with E-state index in [0.717, 1.165) is 16.9 Å². The van der Waals surface area contributed by atoms with Crippen molar-refractivity contribution >= 4 is 5.91 Å². The third kappa shape index (κ3) is 9.52. The van der Waals surface area contributed by atoms with E-state index >= 15 is 0 Å². The van der Waals surface area contributed by atoms with Gasteiger partial charge in [0.25, 0.3) is 5.91 Å². The van der Waals surface area contributed by atoms with Crippen molar-refractivity contribution in [2.45, 2.75) is 44.4 Å². The fourth-order valence-electron chi connectivity index (χ4n) is 3.77. The summed E-state index contributed by atoms with van der Waals surface area (Å²) in [7, 11) is 8.23. The molecule has 0 spiro atoms. The van der Waals surface area contributed by atoms with Crippen molar-refractivity contribution < 1.29 is 33.2 Å². The summed E-state index contributed by atoms with van der Waals surface area (Å²) in [6, 6.07) is 13.2. The van der Waals surface area contributed by atoms with Crippen molar-refractivity contribution in [2.75, 3.05) is 42.0 Å². The third-order valence-electron chi connectivity index (χ3n) is 5.91. The number of hydrogen-bond acceptors (Lipinski definition) is 7. The van der Waals surface area contributed by atoms with Crippen LogP contribution in [0, 0.1) is 0 Å². The fraction of sp³-hybridized carbons (Fsp3) is 0.433. The van der Waals surface area contributed by atoms with Crippen LogP contribution in [0.15, 0.2) is 67.8 Å². The van der Waals surface area contributed by atoms with E-state index in [2.05, 4.69) is 13.2 Å². The summed E-state index contributed by atoms with van der Waals surface area (Å²) in [5, 5.41) is 0. The molecule has 1 amide bonds. The van der Waals surface area contributed by atoms with Gasteiger partial charge in [0.2, 0.25) is 0 Å². The lowest BCUT2D eigenvalue weighted by Crippen LogP contribution is -2.43. The Balaban J connectivity index is 2.23. The zero-order valence-corrected chi connectivity index (χ0v) is 23.2. The average Bonchev–Trinajstić information content (AvgIpc) is 2.94. The van der Waals surface area contributed by atoms with Gasteiger partial charge in [-0.1, -0.05) is 24.3 Å². The van der Waals surface area contributed by atoms with Crippen LogP contribution >= 0.6 is 0 Å². The monoisotopic (exact) mass is 527 g/mol. The first-order valence-corrected chi connectivity index (χ1v) is 12.5. The number of likely N-dealkylation sites (N-methyl/N-ethyl adjacent to an activating group) is 1. The van der Waals surface area contributed by atoms with Crippen LogP contribution in [0.2, 0.25) is 0 Å². The second-order valence-corrected chi connectivity index (χ2v) is 8.84. The summed E-state index contributed by atoms with van der Waals surface area (Å²) in [6.07, 6.45) is 2.59. The summed E-state index contributed by atoms with van der Waals surface area (Å²) in [4.78, 5) is 14.3. The first-order valence-electron chi connectivity index (χ1n) is 12.5. The predicted molar refractivity (Wildman–Crippen MR) is 148 cm³/mol. The first kappa shape index (κ1) is 30.9. The van der Waals surface area contributed by atoms with Crippen molar-refractivity contribution in [3.63, 3.8) is 0 Å². The Morgan fingerprint density at radius 1 is 0.868 bits per heavy atom. The van der Waals surface area contributed by atoms with Crippen molar-refractivity contribution in [1.29, 1.82) is 0 Å². The number of amides is 1. The number of carbonyl (C=O) groups excluding carboxylic acids is 1. The first-order chi connectivity index (χ1) is 18.4. The molecule has 2 aromatic rings. The molecule has 2 rings (SSSR count). The summed E-state index contributed by atoms with van der Waals surface area (Å²) < 4.78 is 34.8. The van der Waals surface area contributed by atoms with Crippen LogP contribution < -0.4 is 14.2 Å². The van der Waals surface area contributed by atoms with Crippen molar-refractivity contribution in [3.05, 3.63) is 78.9 Å². The van der Waals surface area contributed by atoms with Crippen LogP contribution in [0.3, 0.4) is 0 Å². The Labute approximate surface area is 226 Å². The van der Waals surface area contributed by atoms with E-state index in [9.17, 15) is 4.79 Å². The van der Waals surface area contributed by atoms with Crippen LogP contribution in [0.4, 0.5) is 0 Å². The fourth-order valence-corrected chi connectivity index (χ4v) is 3.77. The maximum Gasteiger partial charge on any atom is 0.251 e. The molecule has 38 heavy (non-hydrogen) atoms. The summed E-state index contributed by atoms with van der Waals surface area (Å²) in [6.45, 7) is 8.52. The highest BCUT2D eigenvalue weighted by Gasteiger charge is 2.30. The van der Waals surface area contributed by atoms with Crippen molar-refractivity contribution in [3.8, 4) is 17.2 Å². The van der Waals surface area contributed by atoms with E-state index in [0.29, 0.717) is 30.9 Å². The smallest absolute Gasteiger partial charge is 0.251 e. The van der Waals surface area contributed by atoms with Gasteiger partial charge in [-0.15, -0.1) is 13.2 Å². The second-order valence-electron chi connectivity index (χ2n) is 8.84. The minimum Gasteiger partial charge on any atom is -0.497 e. The second kappa shape index (κ2) is 16.5. The Bertz CT molecular complexity index is 1010. The molecule has 8 nitrogen and oxygen atoms in total. The van der Waals surface area contributed by atoms with Gasteiger partial charge in [-0.2, -0.15) is 0 Å². The summed E-state index contributed by atoms with van der Waals surface area (Å²) in [5.74, 6) is 1.97. The van der Waals surface area contributed by atoms with Gasteiger partial charge in [0.15, 0.2) is 0 Å². The molecule has 0 bridgehead atoms. The van der Waals surface area contributed by atoms with Gasteiger partial charge < -0.3 is 33.3 Å². The van der Waals surface area contributed by atoms with Gasteiger partial charge >= 0.3 is 0 Å². The number of hydrogen-bond donors (Lipinski definition) is 0. The average molecular weight is 528 g/mol. The quantitative estimate of drug-likeness (QED) is 0.258. The molecular formula is C30H41NO7. The lowest BCUT2D eigenvalue weighted by atomic mass is 10.1. The molecule has 208 valence electrons. The van der Waals surface area contributed by atoms with Crippen LogP contribution in [0.25, 0.3) is 0 Å². The number of carbonyl (C=O) groups is 1. The molecule has 2 aromatic carbocycles. The largest absolute Gasteiger partial charge is 0.497 e. The number of rotatable bonds is 18. The summed E-state index contributed by atoms with van der Waals surface area (Å²) in [5.41, 5.74) is 1.84. The maximum absolute atomic E-state index is 12.8. The zero-order chi connectivity index (χ0) is 27.9. The molecule has 3 atom stereocenters. The van der Waals surface area contributed by atoms with Gasteiger partial charge in [-0.3, -0.25) is 4.79 Å². The predicted octanol–water partition coefficient (Wildman–Crippen LogP) is 4.81. The molecular weight excluding hydrogens is 486 g/mol. The van der Waals surface area contributed by atoms with Crippen LogP contribution in [0.5, 0.6) is 17.2 Å². The van der Waals surface area contributed by atoms with Crippen LogP contribution in [0.1, 0.15) is 24.0 Å². The summed E-state index contributed by atoms with van der Waals surface area (Å²) >= 11 is 0. The van der Waals surface area contributed by atoms with Crippen LogP contribution in [-0.2, 0) is 32.2 Å². The minimum atomic E-state index is -0.719. The van der Waals surface area contributed by atoms with E-state index in [4.69, 9.17) is 28.4 Å². The van der Waals surface area contributed by atoms with Crippen molar-refractivity contribution in [2.24, 2.45) is 0 Å². The molecule has 0 fully saturated rings. The number of methoxy groups -OCH3 is 3. The van der Waals surface area contributed by atoms with E-state index < -0.39 is 18.3 Å². The Morgan fingerprint density at radius 2 is 1.53 bits per heavy atom. The Kier molecular flexibility index (Phi) is 13.4. The molecule has 0 aliphatic heterocycles. The molecule has 0 saturated carbocycles. The molecule has 0 unspecified atom stereocenters. The van der Waals surface area contributed by atoms with Crippen molar-refractivity contribution in [1.82, 2.24) is 4.90 Å². The number of benzene rings is 2. The normalized spacial score (nSPS) is 13.2. The molecule has 0 aliphatic rings. The molecule has 0 aromatic heterocycles. The van der Waals surface area contributed by atoms with Crippen LogP contribution in [-0.4, -0.2) is 71.2 Å². The highest BCUT2D eigenvalue weighted by atomic mass is 16.6. The highest BCUT2D eigenvalue weighted by Crippen LogP contribution is 2.27. The topological polar surface area (TPSA) is 75.7 Å². The van der Waals surface area contributed by atoms with Gasteiger partial charge in [0.05, 0.1) is 47.3 Å². The maximum atomic E-state index is 12.8. The van der Waals surface area contributed by atoms with E-state index in [1.54, 1.807) is 47.6 Å². The van der Waals surface area contributed by atoms with Gasteiger partial charge in [0, 0.05) is 32.1 Å².